The zero-order valence-electron chi connectivity index (χ0n) is 10.7. The molecule has 1 aliphatic rings. The number of hydrogen-bond donors (Lipinski definition) is 1. The molecule has 0 spiro atoms. The molecule has 0 bridgehead atoms. The van der Waals surface area contributed by atoms with Crippen LogP contribution in [0.15, 0.2) is 12.3 Å². The Morgan fingerprint density at radius 2 is 2.00 bits per heavy atom. The lowest BCUT2D eigenvalue weighted by molar-refractivity contribution is 0.299. The maximum absolute atomic E-state index is 8.95. The number of likely N-dealkylation sites (N-methyl/N-ethyl adjacent to an activating group) is 1. The molecule has 1 aromatic rings. The molecule has 1 aromatic heterocycles. The summed E-state index contributed by atoms with van der Waals surface area (Å²) in [5.41, 5.74) is 2.37. The molecule has 1 saturated heterocycles. The Balaban J connectivity index is 2.09. The van der Waals surface area contributed by atoms with Crippen LogP contribution in [0, 0.1) is 6.92 Å². The van der Waals surface area contributed by atoms with Crippen LogP contribution in [-0.4, -0.2) is 54.8 Å². The predicted octanol–water partition coefficient (Wildman–Crippen LogP) is 0.677. The molecular weight excluding hydrogens is 214 g/mol. The minimum absolute atomic E-state index is 0.191. The quantitative estimate of drug-likeness (QED) is 0.836. The van der Waals surface area contributed by atoms with Crippen molar-refractivity contribution in [3.8, 4) is 0 Å². The van der Waals surface area contributed by atoms with Crippen LogP contribution < -0.4 is 4.90 Å². The first-order chi connectivity index (χ1) is 8.20. The van der Waals surface area contributed by atoms with Gasteiger partial charge in [0, 0.05) is 39.0 Å². The Labute approximate surface area is 103 Å². The Morgan fingerprint density at radius 1 is 1.29 bits per heavy atom. The number of hydrogen-bond acceptors (Lipinski definition) is 4. The van der Waals surface area contributed by atoms with E-state index >= 15 is 0 Å². The van der Waals surface area contributed by atoms with E-state index in [1.54, 1.807) is 0 Å². The third-order valence-electron chi connectivity index (χ3n) is 3.41. The lowest BCUT2D eigenvalue weighted by Crippen LogP contribution is -2.44. The average molecular weight is 235 g/mol. The van der Waals surface area contributed by atoms with E-state index in [1.165, 1.54) is 5.56 Å². The number of piperazine rings is 1. The minimum Gasteiger partial charge on any atom is -0.396 e. The van der Waals surface area contributed by atoms with Crippen molar-refractivity contribution in [2.45, 2.75) is 13.3 Å². The number of anilines is 1. The maximum Gasteiger partial charge on any atom is 0.128 e. The molecular formula is C13H21N3O. The number of rotatable bonds is 3. The van der Waals surface area contributed by atoms with E-state index in [0.717, 1.165) is 37.6 Å². The molecule has 1 fully saturated rings. The molecule has 0 atom stereocenters. The Kier molecular flexibility index (Phi) is 3.97. The van der Waals surface area contributed by atoms with Gasteiger partial charge in [-0.3, -0.25) is 0 Å². The molecule has 1 N–H and O–H groups in total. The second kappa shape index (κ2) is 5.47. The van der Waals surface area contributed by atoms with Crippen LogP contribution >= 0.6 is 0 Å². The summed E-state index contributed by atoms with van der Waals surface area (Å²) < 4.78 is 0. The third-order valence-corrected chi connectivity index (χ3v) is 3.41. The minimum atomic E-state index is 0.191. The van der Waals surface area contributed by atoms with Crippen LogP contribution in [0.5, 0.6) is 0 Å². The summed E-state index contributed by atoms with van der Waals surface area (Å²) in [6.45, 7) is 6.56. The van der Waals surface area contributed by atoms with Crippen molar-refractivity contribution in [1.29, 1.82) is 0 Å². The summed E-state index contributed by atoms with van der Waals surface area (Å²) in [5.74, 6) is 1.07. The average Bonchev–Trinajstić information content (AvgIpc) is 2.33. The molecule has 0 saturated carbocycles. The van der Waals surface area contributed by atoms with Gasteiger partial charge in [0.15, 0.2) is 0 Å². The Morgan fingerprint density at radius 3 is 2.59 bits per heavy atom. The second-order valence-electron chi connectivity index (χ2n) is 4.73. The zero-order chi connectivity index (χ0) is 12.3. The molecule has 0 unspecified atom stereocenters. The summed E-state index contributed by atoms with van der Waals surface area (Å²) in [4.78, 5) is 9.17. The van der Waals surface area contributed by atoms with Crippen molar-refractivity contribution >= 4 is 5.82 Å². The number of aromatic nitrogens is 1. The van der Waals surface area contributed by atoms with Gasteiger partial charge >= 0.3 is 0 Å². The first-order valence-corrected chi connectivity index (χ1v) is 6.20. The fourth-order valence-corrected chi connectivity index (χ4v) is 2.16. The molecule has 0 radical (unpaired) electrons. The smallest absolute Gasteiger partial charge is 0.128 e. The Bertz CT molecular complexity index is 373. The SMILES string of the molecule is Cc1cc(N2CCN(C)CC2)ncc1CCO. The first kappa shape index (κ1) is 12.3. The number of nitrogens with zero attached hydrogens (tertiary/aromatic N) is 3. The van der Waals surface area contributed by atoms with Crippen LogP contribution in [0.25, 0.3) is 0 Å². The fourth-order valence-electron chi connectivity index (χ4n) is 2.16. The highest BCUT2D eigenvalue weighted by molar-refractivity contribution is 5.43. The van der Waals surface area contributed by atoms with E-state index < -0.39 is 0 Å². The molecule has 1 aliphatic heterocycles. The van der Waals surface area contributed by atoms with E-state index in [0.29, 0.717) is 6.42 Å². The summed E-state index contributed by atoms with van der Waals surface area (Å²) >= 11 is 0. The van der Waals surface area contributed by atoms with Crippen molar-refractivity contribution in [3.63, 3.8) is 0 Å². The van der Waals surface area contributed by atoms with Gasteiger partial charge in [-0.25, -0.2) is 4.98 Å². The fraction of sp³-hybridized carbons (Fsp3) is 0.615. The standard InChI is InChI=1S/C13H21N3O/c1-11-9-13(14-10-12(11)3-8-17)16-6-4-15(2)5-7-16/h9-10,17H,3-8H2,1-2H3. The van der Waals surface area contributed by atoms with Crippen LogP contribution in [0.1, 0.15) is 11.1 Å². The lowest BCUT2D eigenvalue weighted by Gasteiger charge is -2.33. The highest BCUT2D eigenvalue weighted by Crippen LogP contribution is 2.17. The van der Waals surface area contributed by atoms with E-state index in [-0.39, 0.29) is 6.61 Å². The van der Waals surface area contributed by atoms with Gasteiger partial charge in [0.25, 0.3) is 0 Å². The third kappa shape index (κ3) is 2.96. The molecule has 0 aliphatic carbocycles. The molecule has 17 heavy (non-hydrogen) atoms. The lowest BCUT2D eigenvalue weighted by atomic mass is 10.1. The van der Waals surface area contributed by atoms with Gasteiger partial charge in [0.2, 0.25) is 0 Å². The zero-order valence-corrected chi connectivity index (χ0v) is 10.7. The van der Waals surface area contributed by atoms with Crippen molar-refractivity contribution in [2.75, 3.05) is 44.7 Å². The molecule has 4 heteroatoms. The molecule has 0 aromatic carbocycles. The largest absolute Gasteiger partial charge is 0.396 e. The van der Waals surface area contributed by atoms with Crippen LogP contribution in [0.2, 0.25) is 0 Å². The van der Waals surface area contributed by atoms with E-state index in [1.807, 2.05) is 6.20 Å². The van der Waals surface area contributed by atoms with Crippen molar-refractivity contribution < 1.29 is 5.11 Å². The van der Waals surface area contributed by atoms with Gasteiger partial charge in [0.05, 0.1) is 0 Å². The highest BCUT2D eigenvalue weighted by atomic mass is 16.2. The number of aliphatic hydroxyl groups is 1. The van der Waals surface area contributed by atoms with Gasteiger partial charge in [-0.2, -0.15) is 0 Å². The van der Waals surface area contributed by atoms with Crippen LogP contribution in [-0.2, 0) is 6.42 Å². The topological polar surface area (TPSA) is 39.6 Å². The van der Waals surface area contributed by atoms with E-state index in [2.05, 4.69) is 34.8 Å². The van der Waals surface area contributed by atoms with Gasteiger partial charge in [-0.05, 0) is 37.6 Å². The summed E-state index contributed by atoms with van der Waals surface area (Å²) in [6.07, 6.45) is 2.60. The van der Waals surface area contributed by atoms with Crippen LogP contribution in [0.3, 0.4) is 0 Å². The monoisotopic (exact) mass is 235 g/mol. The molecule has 4 nitrogen and oxygen atoms in total. The van der Waals surface area contributed by atoms with Crippen LogP contribution in [0.4, 0.5) is 5.82 Å². The van der Waals surface area contributed by atoms with Crippen molar-refractivity contribution in [1.82, 2.24) is 9.88 Å². The first-order valence-electron chi connectivity index (χ1n) is 6.20. The van der Waals surface area contributed by atoms with Gasteiger partial charge < -0.3 is 14.9 Å². The molecule has 0 amide bonds. The van der Waals surface area contributed by atoms with E-state index in [9.17, 15) is 0 Å². The van der Waals surface area contributed by atoms with Gasteiger partial charge in [-0.1, -0.05) is 0 Å². The second-order valence-corrected chi connectivity index (χ2v) is 4.73. The summed E-state index contributed by atoms with van der Waals surface area (Å²) in [6, 6.07) is 2.14. The summed E-state index contributed by atoms with van der Waals surface area (Å²) in [7, 11) is 2.15. The van der Waals surface area contributed by atoms with E-state index in [4.69, 9.17) is 5.11 Å². The molecule has 2 rings (SSSR count). The number of pyridine rings is 1. The number of aryl methyl sites for hydroxylation is 1. The molecule has 2 heterocycles. The van der Waals surface area contributed by atoms with Crippen molar-refractivity contribution in [3.05, 3.63) is 23.4 Å². The van der Waals surface area contributed by atoms with Crippen molar-refractivity contribution in [2.24, 2.45) is 0 Å². The highest BCUT2D eigenvalue weighted by Gasteiger charge is 2.15. The summed E-state index contributed by atoms with van der Waals surface area (Å²) in [5, 5.41) is 8.95. The van der Waals surface area contributed by atoms with Gasteiger partial charge in [0.1, 0.15) is 5.82 Å². The van der Waals surface area contributed by atoms with Gasteiger partial charge in [-0.15, -0.1) is 0 Å². The molecule has 94 valence electrons. The normalized spacial score (nSPS) is 17.5. The Hall–Kier alpha value is -1.13. The predicted molar refractivity (Wildman–Crippen MR) is 69.5 cm³/mol. The number of aliphatic hydroxyl groups excluding tert-OH is 1. The maximum atomic E-state index is 8.95.